The van der Waals surface area contributed by atoms with Crippen LogP contribution in [0.4, 0.5) is 0 Å². The predicted molar refractivity (Wildman–Crippen MR) is 338 cm³/mol. The van der Waals surface area contributed by atoms with Gasteiger partial charge in [0.15, 0.2) is 0 Å². The van der Waals surface area contributed by atoms with E-state index in [4.69, 9.17) is 4.74 Å². The van der Waals surface area contributed by atoms with Gasteiger partial charge in [-0.05, 0) is 71.0 Å². The highest BCUT2D eigenvalue weighted by Gasteiger charge is 2.20. The first-order chi connectivity index (χ1) is 37.7. The molecule has 1 heterocycles. The molecule has 1 aliphatic rings. The highest BCUT2D eigenvalue weighted by Crippen LogP contribution is 2.24. The molecule has 0 aromatic carbocycles. The molecule has 0 amide bonds. The molecule has 12 heteroatoms. The Bertz CT molecular complexity index is 1150. The molecule has 460 valence electrons. The molecule has 0 aromatic rings. The lowest BCUT2D eigenvalue weighted by molar-refractivity contribution is -0.144. The second kappa shape index (κ2) is 57.7. The van der Waals surface area contributed by atoms with Gasteiger partial charge in [0, 0.05) is 76.8 Å². The van der Waals surface area contributed by atoms with Crippen molar-refractivity contribution in [2.45, 2.75) is 315 Å². The van der Waals surface area contributed by atoms with Crippen molar-refractivity contribution < 1.29 is 30.0 Å². The van der Waals surface area contributed by atoms with E-state index >= 15 is 0 Å². The fourth-order valence-corrected chi connectivity index (χ4v) is 13.4. The third-order valence-electron chi connectivity index (χ3n) is 16.2. The van der Waals surface area contributed by atoms with E-state index in [0.29, 0.717) is 52.2 Å². The Kier molecular flexibility index (Phi) is 56.1. The second-order valence-corrected chi connectivity index (χ2v) is 26.6. The fraction of sp³-hybridized carbons (Fsp3) is 0.985. The molecule has 4 unspecified atom stereocenters. The Labute approximate surface area is 486 Å². The molecule has 77 heavy (non-hydrogen) atoms. The summed E-state index contributed by atoms with van der Waals surface area (Å²) in [6, 6.07) is 0. The number of hydrogen-bond acceptors (Lipinski definition) is 12. The molecule has 1 fully saturated rings. The number of aliphatic hydroxyl groups is 4. The normalized spacial score (nSPS) is 15.2. The van der Waals surface area contributed by atoms with Gasteiger partial charge in [0.1, 0.15) is 6.61 Å². The zero-order chi connectivity index (χ0) is 55.9. The lowest BCUT2D eigenvalue weighted by Gasteiger charge is -2.34. The number of piperazine rings is 1. The third kappa shape index (κ3) is 51.2. The van der Waals surface area contributed by atoms with Crippen LogP contribution in [0, 0.1) is 0 Å². The van der Waals surface area contributed by atoms with Crippen LogP contribution in [-0.4, -0.2) is 167 Å². The standard InChI is InChI=1S/C65H132N4O6S2/c1-5-9-13-17-21-25-29-33-41-61(70)57-68(58-62(71)42-34-30-26-22-18-14-10-6-2)46-37-38-55-76-77-56-40-48-66-49-51-67(52-50-66)53-54-75-65(74)45-39-47-69(59-63(72)43-35-31-27-23-19-15-11-7-3)60-64(73)44-36-32-28-24-20-16-12-8-4/h61-64,70-73H,5-60H2,1-4H3. The molecule has 10 nitrogen and oxygen atoms in total. The molecular formula is C65H132N4O6S2. The van der Waals surface area contributed by atoms with Gasteiger partial charge in [-0.2, -0.15) is 0 Å². The maximum atomic E-state index is 12.8. The number of unbranched alkanes of at least 4 members (excludes halogenated alkanes) is 29. The molecule has 0 spiro atoms. The molecule has 0 aromatic heterocycles. The van der Waals surface area contributed by atoms with Gasteiger partial charge in [-0.1, -0.05) is 255 Å². The van der Waals surface area contributed by atoms with Crippen molar-refractivity contribution in [1.82, 2.24) is 19.6 Å². The summed E-state index contributed by atoms with van der Waals surface area (Å²) < 4.78 is 5.72. The molecule has 4 atom stereocenters. The molecular weight excluding hydrogens is 997 g/mol. The van der Waals surface area contributed by atoms with Crippen LogP contribution in [0.2, 0.25) is 0 Å². The zero-order valence-electron chi connectivity index (χ0n) is 51.6. The molecule has 0 bridgehead atoms. The highest BCUT2D eigenvalue weighted by molar-refractivity contribution is 8.76. The van der Waals surface area contributed by atoms with Crippen molar-refractivity contribution in [2.75, 3.05) is 96.6 Å². The minimum absolute atomic E-state index is 0.140. The molecule has 0 radical (unpaired) electrons. The van der Waals surface area contributed by atoms with E-state index < -0.39 is 12.2 Å². The van der Waals surface area contributed by atoms with Crippen molar-refractivity contribution in [3.8, 4) is 0 Å². The molecule has 0 saturated carbocycles. The molecule has 1 aliphatic heterocycles. The van der Waals surface area contributed by atoms with E-state index in [1.807, 2.05) is 21.6 Å². The van der Waals surface area contributed by atoms with Crippen molar-refractivity contribution in [3.05, 3.63) is 0 Å². The number of esters is 1. The van der Waals surface area contributed by atoms with Gasteiger partial charge in [0.05, 0.1) is 24.4 Å². The summed E-state index contributed by atoms with van der Waals surface area (Å²) in [5.74, 6) is 2.17. The number of nitrogens with zero attached hydrogens (tertiary/aromatic N) is 4. The Balaban J connectivity index is 2.31. The average Bonchev–Trinajstić information content (AvgIpc) is 3.41. The summed E-state index contributed by atoms with van der Waals surface area (Å²) in [4.78, 5) is 22.4. The van der Waals surface area contributed by atoms with E-state index in [1.54, 1.807) is 0 Å². The Morgan fingerprint density at radius 1 is 0.390 bits per heavy atom. The first kappa shape index (κ1) is 74.9. The van der Waals surface area contributed by atoms with Gasteiger partial charge < -0.3 is 30.1 Å². The maximum Gasteiger partial charge on any atom is 0.305 e. The van der Waals surface area contributed by atoms with E-state index in [-0.39, 0.29) is 18.2 Å². The van der Waals surface area contributed by atoms with Gasteiger partial charge in [-0.25, -0.2) is 0 Å². The summed E-state index contributed by atoms with van der Waals surface area (Å²) >= 11 is 0. The number of hydrogen-bond donors (Lipinski definition) is 4. The monoisotopic (exact) mass is 1130 g/mol. The summed E-state index contributed by atoms with van der Waals surface area (Å²) in [7, 11) is 4.01. The van der Waals surface area contributed by atoms with Crippen LogP contribution in [0.3, 0.4) is 0 Å². The molecule has 0 aliphatic carbocycles. The van der Waals surface area contributed by atoms with Crippen LogP contribution >= 0.6 is 21.6 Å². The van der Waals surface area contributed by atoms with Crippen molar-refractivity contribution in [2.24, 2.45) is 0 Å². The number of aliphatic hydroxyl groups excluding tert-OH is 4. The summed E-state index contributed by atoms with van der Waals surface area (Å²) in [6.45, 7) is 19.7. The number of rotatable bonds is 61. The van der Waals surface area contributed by atoms with Crippen LogP contribution in [-0.2, 0) is 9.53 Å². The lowest BCUT2D eigenvalue weighted by Crippen LogP contribution is -2.47. The first-order valence-corrected chi connectivity index (χ1v) is 36.2. The molecule has 1 rings (SSSR count). The number of ether oxygens (including phenoxy) is 1. The Morgan fingerprint density at radius 3 is 1.04 bits per heavy atom. The summed E-state index contributed by atoms with van der Waals surface area (Å²) in [5.41, 5.74) is 0. The van der Waals surface area contributed by atoms with E-state index in [0.717, 1.165) is 109 Å². The SMILES string of the molecule is CCCCCCCCCCC(O)CN(CCCCSSCCCN1CCN(CCOC(=O)CCCN(CC(O)CCCCCCCCCC)CC(O)CCCCCCCCCC)CC1)CC(O)CCCCCCCCCC. The average molecular weight is 1130 g/mol. The van der Waals surface area contributed by atoms with Crippen molar-refractivity contribution in [3.63, 3.8) is 0 Å². The number of carbonyl (C=O) groups excluding carboxylic acids is 1. The largest absolute Gasteiger partial charge is 0.464 e. The van der Waals surface area contributed by atoms with Crippen LogP contribution in [0.1, 0.15) is 291 Å². The Morgan fingerprint density at radius 2 is 0.688 bits per heavy atom. The van der Waals surface area contributed by atoms with Crippen molar-refractivity contribution in [1.29, 1.82) is 0 Å². The van der Waals surface area contributed by atoms with Crippen LogP contribution in [0.25, 0.3) is 0 Å². The van der Waals surface area contributed by atoms with E-state index in [9.17, 15) is 25.2 Å². The smallest absolute Gasteiger partial charge is 0.305 e. The van der Waals surface area contributed by atoms with Gasteiger partial charge in [0.2, 0.25) is 0 Å². The first-order valence-electron chi connectivity index (χ1n) is 33.7. The molecule has 1 saturated heterocycles. The second-order valence-electron chi connectivity index (χ2n) is 23.9. The number of carbonyl (C=O) groups is 1. The van der Waals surface area contributed by atoms with Gasteiger partial charge in [-0.3, -0.25) is 19.5 Å². The zero-order valence-corrected chi connectivity index (χ0v) is 53.3. The van der Waals surface area contributed by atoms with E-state index in [1.165, 1.54) is 198 Å². The predicted octanol–water partition coefficient (Wildman–Crippen LogP) is 15.6. The third-order valence-corrected chi connectivity index (χ3v) is 18.7. The van der Waals surface area contributed by atoms with Gasteiger partial charge >= 0.3 is 5.97 Å². The van der Waals surface area contributed by atoms with E-state index in [2.05, 4.69) is 47.3 Å². The van der Waals surface area contributed by atoms with Crippen LogP contribution in [0.5, 0.6) is 0 Å². The summed E-state index contributed by atoms with van der Waals surface area (Å²) in [6.07, 6.45) is 47.1. The highest BCUT2D eigenvalue weighted by atomic mass is 33.1. The summed E-state index contributed by atoms with van der Waals surface area (Å²) in [5, 5.41) is 44.0. The lowest BCUT2D eigenvalue weighted by atomic mass is 10.0. The van der Waals surface area contributed by atoms with Gasteiger partial charge in [-0.15, -0.1) is 0 Å². The topological polar surface area (TPSA) is 120 Å². The van der Waals surface area contributed by atoms with Crippen molar-refractivity contribution >= 4 is 27.6 Å². The minimum Gasteiger partial charge on any atom is -0.464 e. The minimum atomic E-state index is -0.401. The van der Waals surface area contributed by atoms with Gasteiger partial charge in [0.25, 0.3) is 0 Å². The van der Waals surface area contributed by atoms with Crippen LogP contribution in [0.15, 0.2) is 0 Å². The fourth-order valence-electron chi connectivity index (χ4n) is 11.1. The Hall–Kier alpha value is -0.150. The quantitative estimate of drug-likeness (QED) is 0.0264. The van der Waals surface area contributed by atoms with Crippen LogP contribution < -0.4 is 0 Å². The maximum absolute atomic E-state index is 12.8. The molecule has 4 N–H and O–H groups in total.